The molecule has 2 amide bonds. The Labute approximate surface area is 210 Å². The van der Waals surface area contributed by atoms with E-state index in [1.807, 2.05) is 12.1 Å². The number of nitrogens with zero attached hydrogens (tertiary/aromatic N) is 1. The smallest absolute Gasteiger partial charge is 0.285 e. The molecular formula is C26H30N2O4S2. The van der Waals surface area contributed by atoms with Gasteiger partial charge in [-0.15, -0.1) is 6.58 Å². The van der Waals surface area contributed by atoms with Crippen molar-refractivity contribution in [2.75, 3.05) is 14.2 Å². The van der Waals surface area contributed by atoms with Crippen LogP contribution in [0.2, 0.25) is 0 Å². The van der Waals surface area contributed by atoms with Crippen molar-refractivity contribution >= 4 is 46.2 Å². The highest BCUT2D eigenvalue weighted by Gasteiger charge is 2.55. The van der Waals surface area contributed by atoms with Crippen molar-refractivity contribution < 1.29 is 19.1 Å². The normalized spacial score (nSPS) is 30.7. The molecule has 1 aliphatic heterocycles. The number of methoxy groups -OCH3 is 2. The van der Waals surface area contributed by atoms with Gasteiger partial charge in [-0.05, 0) is 98.7 Å². The number of hydrogen-bond donors (Lipinski definition) is 1. The van der Waals surface area contributed by atoms with Gasteiger partial charge in [-0.3, -0.25) is 15.0 Å². The first-order valence-corrected chi connectivity index (χ1v) is 13.0. The Morgan fingerprint density at radius 3 is 2.41 bits per heavy atom. The van der Waals surface area contributed by atoms with Gasteiger partial charge in [0.25, 0.3) is 5.91 Å². The van der Waals surface area contributed by atoms with Crippen LogP contribution in [0.15, 0.2) is 29.7 Å². The number of carbonyl (C=O) groups excluding carboxylic acids is 2. The molecule has 34 heavy (non-hydrogen) atoms. The number of rotatable bonds is 7. The second-order valence-electron chi connectivity index (χ2n) is 10.1. The van der Waals surface area contributed by atoms with Gasteiger partial charge in [0, 0.05) is 5.56 Å². The van der Waals surface area contributed by atoms with Gasteiger partial charge in [0.1, 0.15) is 0 Å². The number of carbonyl (C=O) groups is 2. The molecule has 6 nitrogen and oxygen atoms in total. The third kappa shape index (κ3) is 4.05. The topological polar surface area (TPSA) is 67.9 Å². The third-order valence-electron chi connectivity index (χ3n) is 7.77. The molecule has 1 heterocycles. The average molecular weight is 499 g/mol. The van der Waals surface area contributed by atoms with Crippen molar-refractivity contribution in [3.05, 3.63) is 40.8 Å². The Morgan fingerprint density at radius 1 is 1.21 bits per heavy atom. The van der Waals surface area contributed by atoms with Crippen LogP contribution in [-0.2, 0) is 16.0 Å². The van der Waals surface area contributed by atoms with Crippen LogP contribution < -0.4 is 14.9 Å². The first kappa shape index (κ1) is 23.4. The minimum absolute atomic E-state index is 0.0384. The Morgan fingerprint density at radius 2 is 1.85 bits per heavy atom. The summed E-state index contributed by atoms with van der Waals surface area (Å²) in [6, 6.07) is 3.77. The predicted molar refractivity (Wildman–Crippen MR) is 137 cm³/mol. The molecule has 1 N–H and O–H groups in total. The maximum atomic E-state index is 13.4. The van der Waals surface area contributed by atoms with E-state index in [9.17, 15) is 9.59 Å². The summed E-state index contributed by atoms with van der Waals surface area (Å²) in [5, 5.41) is 1.26. The highest BCUT2D eigenvalue weighted by Crippen LogP contribution is 2.60. The van der Waals surface area contributed by atoms with Crippen molar-refractivity contribution in [3.63, 3.8) is 0 Å². The fourth-order valence-electron chi connectivity index (χ4n) is 6.78. The molecule has 5 fully saturated rings. The lowest BCUT2D eigenvalue weighted by Crippen LogP contribution is -2.57. The molecule has 1 saturated heterocycles. The average Bonchev–Trinajstić information content (AvgIpc) is 3.05. The van der Waals surface area contributed by atoms with Crippen LogP contribution in [0.3, 0.4) is 0 Å². The molecule has 1 aromatic carbocycles. The van der Waals surface area contributed by atoms with Crippen molar-refractivity contribution in [2.45, 2.75) is 44.9 Å². The number of ether oxygens (including phenoxy) is 2. The van der Waals surface area contributed by atoms with Gasteiger partial charge >= 0.3 is 0 Å². The predicted octanol–water partition coefficient (Wildman–Crippen LogP) is 4.88. The molecule has 0 aromatic heterocycles. The summed E-state index contributed by atoms with van der Waals surface area (Å²) >= 11 is 6.68. The minimum atomic E-state index is -0.343. The highest BCUT2D eigenvalue weighted by atomic mass is 32.2. The van der Waals surface area contributed by atoms with Gasteiger partial charge in [0.2, 0.25) is 5.91 Å². The Bertz CT molecular complexity index is 1060. The van der Waals surface area contributed by atoms with Gasteiger partial charge in [0.15, 0.2) is 15.8 Å². The molecule has 4 saturated carbocycles. The molecule has 0 unspecified atom stereocenters. The molecule has 4 aliphatic carbocycles. The highest BCUT2D eigenvalue weighted by molar-refractivity contribution is 8.26. The van der Waals surface area contributed by atoms with E-state index in [0.29, 0.717) is 44.9 Å². The van der Waals surface area contributed by atoms with Crippen LogP contribution in [0.4, 0.5) is 0 Å². The number of hydrazine groups is 1. The Kier molecular flexibility index (Phi) is 6.23. The van der Waals surface area contributed by atoms with E-state index in [2.05, 4.69) is 12.0 Å². The van der Waals surface area contributed by atoms with E-state index in [1.165, 1.54) is 36.0 Å². The van der Waals surface area contributed by atoms with E-state index in [0.717, 1.165) is 30.4 Å². The number of nitrogens with one attached hydrogen (secondary N) is 1. The summed E-state index contributed by atoms with van der Waals surface area (Å²) in [6.07, 6.45) is 10.8. The second kappa shape index (κ2) is 9.04. The number of hydrogen-bond acceptors (Lipinski definition) is 6. The summed E-state index contributed by atoms with van der Waals surface area (Å²) in [5.41, 5.74) is 4.27. The van der Waals surface area contributed by atoms with Gasteiger partial charge < -0.3 is 9.47 Å². The van der Waals surface area contributed by atoms with Crippen molar-refractivity contribution in [1.82, 2.24) is 10.4 Å². The molecule has 4 bridgehead atoms. The van der Waals surface area contributed by atoms with Gasteiger partial charge in [-0.2, -0.15) is 5.01 Å². The summed E-state index contributed by atoms with van der Waals surface area (Å²) in [4.78, 5) is 27.1. The molecule has 0 radical (unpaired) electrons. The lowest BCUT2D eigenvalue weighted by atomic mass is 9.49. The zero-order valence-electron chi connectivity index (χ0n) is 19.6. The third-order valence-corrected chi connectivity index (χ3v) is 9.07. The van der Waals surface area contributed by atoms with Crippen LogP contribution in [0.25, 0.3) is 6.08 Å². The van der Waals surface area contributed by atoms with Gasteiger partial charge in [-0.1, -0.05) is 17.8 Å². The van der Waals surface area contributed by atoms with E-state index < -0.39 is 0 Å². The summed E-state index contributed by atoms with van der Waals surface area (Å²) in [5.74, 6) is 2.85. The van der Waals surface area contributed by atoms with Crippen LogP contribution >= 0.6 is 24.0 Å². The van der Waals surface area contributed by atoms with Crippen LogP contribution in [0.5, 0.6) is 11.5 Å². The fourth-order valence-corrected chi connectivity index (χ4v) is 7.96. The first-order valence-electron chi connectivity index (χ1n) is 11.8. The number of allylic oxidation sites excluding steroid dienone is 1. The number of thioether (sulfide) groups is 1. The Hall–Kier alpha value is -2.32. The summed E-state index contributed by atoms with van der Waals surface area (Å²) < 4.78 is 11.3. The van der Waals surface area contributed by atoms with Crippen molar-refractivity contribution in [1.29, 1.82) is 0 Å². The van der Waals surface area contributed by atoms with Crippen molar-refractivity contribution in [2.24, 2.45) is 23.2 Å². The SMILES string of the molecule is C=CCc1cc(/C=C2\SC(=S)N(NC(=O)C34CC5CC(CC(C5)C3)C4)C2=O)cc(OC)c1OC. The van der Waals surface area contributed by atoms with E-state index in [-0.39, 0.29) is 17.2 Å². The standard InChI is InChI=1S/C26H30N2O4S2/c1-4-5-19-9-15(10-20(31-2)22(19)32-3)11-21-23(29)28(25(33)34-21)27-24(30)26-12-16-6-17(13-26)8-18(7-16)14-26/h4,9-11,16-18H,1,5-8,12-14H2,2-3H3,(H,27,30)/b21-11-. The molecule has 0 atom stereocenters. The molecule has 180 valence electrons. The number of thiocarbonyl (C=S) groups is 1. The quantitative estimate of drug-likeness (QED) is 0.328. The second-order valence-corrected chi connectivity index (χ2v) is 11.7. The zero-order chi connectivity index (χ0) is 24.0. The van der Waals surface area contributed by atoms with Gasteiger partial charge in [0.05, 0.1) is 24.5 Å². The molecule has 6 rings (SSSR count). The van der Waals surface area contributed by atoms with Crippen molar-refractivity contribution in [3.8, 4) is 11.5 Å². The Balaban J connectivity index is 1.36. The first-order chi connectivity index (χ1) is 16.4. The van der Waals surface area contributed by atoms with Crippen LogP contribution in [0.1, 0.15) is 49.7 Å². The van der Waals surface area contributed by atoms with E-state index >= 15 is 0 Å². The summed E-state index contributed by atoms with van der Waals surface area (Å²) in [7, 11) is 3.18. The lowest BCUT2D eigenvalue weighted by Gasteiger charge is -2.55. The largest absolute Gasteiger partial charge is 0.493 e. The number of benzene rings is 1. The van der Waals surface area contributed by atoms with Crippen LogP contribution in [0, 0.1) is 23.2 Å². The molecule has 5 aliphatic rings. The minimum Gasteiger partial charge on any atom is -0.493 e. The van der Waals surface area contributed by atoms with Crippen LogP contribution in [-0.4, -0.2) is 35.4 Å². The molecular weight excluding hydrogens is 468 g/mol. The molecule has 1 aromatic rings. The zero-order valence-corrected chi connectivity index (χ0v) is 21.2. The molecule has 8 heteroatoms. The fraction of sp³-hybridized carbons (Fsp3) is 0.500. The maximum absolute atomic E-state index is 13.4. The molecule has 0 spiro atoms. The van der Waals surface area contributed by atoms with Gasteiger partial charge in [-0.25, -0.2) is 0 Å². The summed E-state index contributed by atoms with van der Waals surface area (Å²) in [6.45, 7) is 3.81. The lowest BCUT2D eigenvalue weighted by molar-refractivity contribution is -0.152. The monoisotopic (exact) mass is 498 g/mol. The van der Waals surface area contributed by atoms with E-state index in [4.69, 9.17) is 21.7 Å². The number of amides is 2. The van der Waals surface area contributed by atoms with E-state index in [1.54, 1.807) is 26.4 Å². The maximum Gasteiger partial charge on any atom is 0.285 e.